The van der Waals surface area contributed by atoms with Crippen LogP contribution in [0.4, 0.5) is 0 Å². The topological polar surface area (TPSA) is 62.5 Å². The van der Waals surface area contributed by atoms with Crippen molar-refractivity contribution in [2.45, 2.75) is 25.4 Å². The summed E-state index contributed by atoms with van der Waals surface area (Å²) in [5.41, 5.74) is 2.81. The number of rotatable bonds is 7. The third-order valence-electron chi connectivity index (χ3n) is 4.36. The van der Waals surface area contributed by atoms with Crippen LogP contribution in [0.1, 0.15) is 35.4 Å². The minimum absolute atomic E-state index is 0.0373. The van der Waals surface area contributed by atoms with E-state index in [-0.39, 0.29) is 11.8 Å². The predicted molar refractivity (Wildman–Crippen MR) is 102 cm³/mol. The van der Waals surface area contributed by atoms with Crippen molar-refractivity contribution in [3.05, 3.63) is 84.3 Å². The van der Waals surface area contributed by atoms with Crippen molar-refractivity contribution in [1.82, 2.24) is 5.32 Å². The van der Waals surface area contributed by atoms with E-state index < -0.39 is 6.10 Å². The summed E-state index contributed by atoms with van der Waals surface area (Å²) in [5.74, 6) is 0.0933. The molecule has 0 aliphatic heterocycles. The van der Waals surface area contributed by atoms with Gasteiger partial charge in [0.15, 0.2) is 5.76 Å². The summed E-state index contributed by atoms with van der Waals surface area (Å²) in [6.07, 6.45) is 1.66. The Morgan fingerprint density at radius 3 is 2.35 bits per heavy atom. The van der Waals surface area contributed by atoms with Gasteiger partial charge in [0.05, 0.1) is 12.4 Å². The molecule has 0 bridgehead atoms. The van der Waals surface area contributed by atoms with Gasteiger partial charge >= 0.3 is 0 Å². The van der Waals surface area contributed by atoms with Crippen LogP contribution in [0, 0.1) is 0 Å². The zero-order chi connectivity index (χ0) is 18.4. The second kappa shape index (κ2) is 8.50. The number of aliphatic hydroxyl groups excluding tert-OH is 1. The standard InChI is InChI=1S/C22H23NO3/c1-16(24)14-19(17-8-4-2-5-9-17)15-23-22(25)21-20(12-13-26-21)18-10-6-3-7-11-18/h2-13,16,19,24H,14-15H2,1H3,(H,23,25)/t16-,19+/m1/s1. The van der Waals surface area contributed by atoms with Gasteiger partial charge in [-0.05, 0) is 30.5 Å². The number of carbonyl (C=O) groups excluding carboxylic acids is 1. The lowest BCUT2D eigenvalue weighted by molar-refractivity contribution is 0.0919. The minimum Gasteiger partial charge on any atom is -0.459 e. The molecule has 4 heteroatoms. The van der Waals surface area contributed by atoms with Crippen LogP contribution in [0.25, 0.3) is 11.1 Å². The van der Waals surface area contributed by atoms with E-state index in [9.17, 15) is 9.90 Å². The number of hydrogen-bond donors (Lipinski definition) is 2. The second-order valence-corrected chi connectivity index (χ2v) is 6.43. The van der Waals surface area contributed by atoms with Crippen molar-refractivity contribution < 1.29 is 14.3 Å². The van der Waals surface area contributed by atoms with Gasteiger partial charge in [-0.15, -0.1) is 0 Å². The molecule has 26 heavy (non-hydrogen) atoms. The summed E-state index contributed by atoms with van der Waals surface area (Å²) in [7, 11) is 0. The number of furan rings is 1. The molecule has 0 radical (unpaired) electrons. The Morgan fingerprint density at radius 2 is 1.69 bits per heavy atom. The molecular weight excluding hydrogens is 326 g/mol. The van der Waals surface area contributed by atoms with Crippen molar-refractivity contribution in [2.24, 2.45) is 0 Å². The SMILES string of the molecule is C[C@@H](O)C[C@@H](CNC(=O)c1occc1-c1ccccc1)c1ccccc1. The van der Waals surface area contributed by atoms with Gasteiger partial charge in [-0.25, -0.2) is 0 Å². The molecule has 1 heterocycles. The van der Waals surface area contributed by atoms with Gasteiger partial charge in [0.2, 0.25) is 0 Å². The fraction of sp³-hybridized carbons (Fsp3) is 0.227. The fourth-order valence-electron chi connectivity index (χ4n) is 3.10. The lowest BCUT2D eigenvalue weighted by Gasteiger charge is -2.19. The molecule has 0 spiro atoms. The van der Waals surface area contributed by atoms with E-state index in [4.69, 9.17) is 4.42 Å². The van der Waals surface area contributed by atoms with Crippen LogP contribution in [-0.2, 0) is 0 Å². The van der Waals surface area contributed by atoms with Gasteiger partial charge in [-0.1, -0.05) is 60.7 Å². The van der Waals surface area contributed by atoms with Gasteiger partial charge in [-0.2, -0.15) is 0 Å². The zero-order valence-electron chi connectivity index (χ0n) is 14.8. The maximum atomic E-state index is 12.7. The Balaban J connectivity index is 1.73. The van der Waals surface area contributed by atoms with Crippen molar-refractivity contribution in [3.8, 4) is 11.1 Å². The first-order valence-corrected chi connectivity index (χ1v) is 8.79. The van der Waals surface area contributed by atoms with Gasteiger partial charge in [0.25, 0.3) is 5.91 Å². The van der Waals surface area contributed by atoms with E-state index in [0.717, 1.165) is 16.7 Å². The first-order chi connectivity index (χ1) is 12.6. The fourth-order valence-corrected chi connectivity index (χ4v) is 3.10. The van der Waals surface area contributed by atoms with Crippen molar-refractivity contribution in [3.63, 3.8) is 0 Å². The second-order valence-electron chi connectivity index (χ2n) is 6.43. The van der Waals surface area contributed by atoms with E-state index in [1.807, 2.05) is 60.7 Å². The van der Waals surface area contributed by atoms with E-state index in [1.54, 1.807) is 13.0 Å². The molecule has 0 saturated carbocycles. The van der Waals surface area contributed by atoms with Gasteiger partial charge in [0.1, 0.15) is 0 Å². The predicted octanol–water partition coefficient (Wildman–Crippen LogP) is 4.23. The highest BCUT2D eigenvalue weighted by molar-refractivity contribution is 5.98. The molecule has 2 aromatic carbocycles. The van der Waals surface area contributed by atoms with Crippen molar-refractivity contribution in [2.75, 3.05) is 6.54 Å². The molecule has 2 atom stereocenters. The Kier molecular flexibility index (Phi) is 5.87. The van der Waals surface area contributed by atoms with Crippen LogP contribution in [0.15, 0.2) is 77.4 Å². The largest absolute Gasteiger partial charge is 0.459 e. The summed E-state index contributed by atoms with van der Waals surface area (Å²) >= 11 is 0. The first kappa shape index (κ1) is 18.0. The smallest absolute Gasteiger partial charge is 0.287 e. The number of nitrogens with one attached hydrogen (secondary N) is 1. The van der Waals surface area contributed by atoms with Gasteiger partial charge in [-0.3, -0.25) is 4.79 Å². The highest BCUT2D eigenvalue weighted by Gasteiger charge is 2.20. The number of aliphatic hydroxyl groups is 1. The maximum absolute atomic E-state index is 12.7. The van der Waals surface area contributed by atoms with E-state index in [2.05, 4.69) is 5.32 Å². The molecule has 0 aliphatic rings. The molecule has 0 aliphatic carbocycles. The van der Waals surface area contributed by atoms with Crippen LogP contribution in [0.3, 0.4) is 0 Å². The van der Waals surface area contributed by atoms with E-state index in [0.29, 0.717) is 18.7 Å². The number of benzene rings is 2. The Labute approximate surface area is 153 Å². The summed E-state index contributed by atoms with van der Waals surface area (Å²) in [5, 5.41) is 12.8. The minimum atomic E-state index is -0.444. The highest BCUT2D eigenvalue weighted by Crippen LogP contribution is 2.25. The normalized spacial score (nSPS) is 13.2. The summed E-state index contributed by atoms with van der Waals surface area (Å²) < 4.78 is 5.44. The van der Waals surface area contributed by atoms with Gasteiger partial charge in [0, 0.05) is 18.0 Å². The van der Waals surface area contributed by atoms with Crippen LogP contribution >= 0.6 is 0 Å². The summed E-state index contributed by atoms with van der Waals surface area (Å²) in [6, 6.07) is 21.4. The Bertz CT molecular complexity index is 825. The molecule has 0 fully saturated rings. The first-order valence-electron chi connectivity index (χ1n) is 8.79. The molecule has 3 aromatic rings. The monoisotopic (exact) mass is 349 g/mol. The molecule has 4 nitrogen and oxygen atoms in total. The quantitative estimate of drug-likeness (QED) is 0.671. The lowest BCUT2D eigenvalue weighted by atomic mass is 9.93. The van der Waals surface area contributed by atoms with Crippen molar-refractivity contribution >= 4 is 5.91 Å². The molecule has 2 N–H and O–H groups in total. The maximum Gasteiger partial charge on any atom is 0.287 e. The third kappa shape index (κ3) is 4.41. The van der Waals surface area contributed by atoms with E-state index >= 15 is 0 Å². The molecule has 134 valence electrons. The molecular formula is C22H23NO3. The Morgan fingerprint density at radius 1 is 1.04 bits per heavy atom. The number of carbonyl (C=O) groups is 1. The number of amides is 1. The van der Waals surface area contributed by atoms with Crippen LogP contribution in [0.2, 0.25) is 0 Å². The molecule has 1 amide bonds. The molecule has 3 rings (SSSR count). The van der Waals surface area contributed by atoms with Crippen LogP contribution in [-0.4, -0.2) is 23.7 Å². The zero-order valence-corrected chi connectivity index (χ0v) is 14.8. The average Bonchev–Trinajstić information content (AvgIpc) is 3.16. The molecule has 1 aromatic heterocycles. The lowest BCUT2D eigenvalue weighted by Crippen LogP contribution is -2.29. The third-order valence-corrected chi connectivity index (χ3v) is 4.36. The van der Waals surface area contributed by atoms with Crippen molar-refractivity contribution in [1.29, 1.82) is 0 Å². The number of hydrogen-bond acceptors (Lipinski definition) is 3. The summed E-state index contributed by atoms with van der Waals surface area (Å²) in [4.78, 5) is 12.7. The molecule has 0 unspecified atom stereocenters. The molecule has 0 saturated heterocycles. The highest BCUT2D eigenvalue weighted by atomic mass is 16.3. The Hall–Kier alpha value is -2.85. The van der Waals surface area contributed by atoms with Crippen LogP contribution in [0.5, 0.6) is 0 Å². The van der Waals surface area contributed by atoms with Crippen LogP contribution < -0.4 is 5.32 Å². The average molecular weight is 349 g/mol. The summed E-state index contributed by atoms with van der Waals surface area (Å²) in [6.45, 7) is 2.19. The van der Waals surface area contributed by atoms with E-state index in [1.165, 1.54) is 6.26 Å². The van der Waals surface area contributed by atoms with Gasteiger partial charge < -0.3 is 14.8 Å².